The van der Waals surface area contributed by atoms with Gasteiger partial charge in [-0.1, -0.05) is 50.2 Å². The van der Waals surface area contributed by atoms with Crippen LogP contribution in [0.4, 0.5) is 0 Å². The number of hydrogen-bond acceptors (Lipinski definition) is 4. The first kappa shape index (κ1) is 21.0. The second-order valence-corrected chi connectivity index (χ2v) is 7.34. The number of benzene rings is 2. The molecule has 0 radical (unpaired) electrons. The number of nitrogens with zero attached hydrogens (tertiary/aromatic N) is 2. The second-order valence-electron chi connectivity index (χ2n) is 6.36. The molecule has 0 aliphatic carbocycles. The highest BCUT2D eigenvalue weighted by Gasteiger charge is 2.04. The van der Waals surface area contributed by atoms with Crippen molar-refractivity contribution in [3.63, 3.8) is 0 Å². The molecule has 142 valence electrons. The number of hydrogen-bond donors (Lipinski definition) is 1. The Bertz CT molecular complexity index is 747. The van der Waals surface area contributed by atoms with Gasteiger partial charge in [0.25, 0.3) is 0 Å². The molecule has 4 nitrogen and oxygen atoms in total. The van der Waals surface area contributed by atoms with Crippen molar-refractivity contribution in [3.05, 3.63) is 70.8 Å². The third-order valence-electron chi connectivity index (χ3n) is 4.40. The lowest BCUT2D eigenvalue weighted by atomic mass is 10.1. The molecule has 0 aromatic heterocycles. The van der Waals surface area contributed by atoms with Crippen LogP contribution >= 0.6 is 11.8 Å². The van der Waals surface area contributed by atoms with Crippen LogP contribution in [-0.2, 0) is 23.6 Å². The molecule has 0 fully saturated rings. The Hall–Kier alpha value is -2.29. The van der Waals surface area contributed by atoms with Crippen LogP contribution in [0.3, 0.4) is 0 Å². The van der Waals surface area contributed by atoms with Gasteiger partial charge in [-0.3, -0.25) is 9.69 Å². The minimum absolute atomic E-state index is 0.0425. The van der Waals surface area contributed by atoms with Gasteiger partial charge in [-0.05, 0) is 41.9 Å². The number of nitriles is 1. The predicted octanol–water partition coefficient (Wildman–Crippen LogP) is 3.95. The van der Waals surface area contributed by atoms with Gasteiger partial charge in [0.05, 0.1) is 17.4 Å². The molecule has 0 atom stereocenters. The Labute approximate surface area is 166 Å². The van der Waals surface area contributed by atoms with Gasteiger partial charge in [0, 0.05) is 18.8 Å². The van der Waals surface area contributed by atoms with E-state index in [1.807, 2.05) is 12.1 Å². The molecule has 0 saturated heterocycles. The molecule has 0 saturated carbocycles. The van der Waals surface area contributed by atoms with Gasteiger partial charge in [-0.25, -0.2) is 0 Å². The van der Waals surface area contributed by atoms with Crippen molar-refractivity contribution in [1.29, 1.82) is 5.26 Å². The van der Waals surface area contributed by atoms with Crippen LogP contribution < -0.4 is 5.32 Å². The van der Waals surface area contributed by atoms with E-state index in [0.717, 1.165) is 36.5 Å². The maximum atomic E-state index is 12.0. The van der Waals surface area contributed by atoms with E-state index in [9.17, 15) is 4.79 Å². The zero-order chi connectivity index (χ0) is 19.5. The third kappa shape index (κ3) is 7.46. The van der Waals surface area contributed by atoms with E-state index < -0.39 is 0 Å². The summed E-state index contributed by atoms with van der Waals surface area (Å²) in [5.41, 5.74) is 4.19. The standard InChI is InChI=1S/C22H27N3OS/c1-3-25(4-2)15-20-9-7-19(8-10-20)14-24-22(26)17-27-16-21-11-5-18(13-23)6-12-21/h5-12H,3-4,14-17H2,1-2H3,(H,24,26). The smallest absolute Gasteiger partial charge is 0.230 e. The molecule has 5 heteroatoms. The van der Waals surface area contributed by atoms with Crippen molar-refractivity contribution < 1.29 is 4.79 Å². The zero-order valence-electron chi connectivity index (χ0n) is 16.1. The fraction of sp³-hybridized carbons (Fsp3) is 0.364. The quantitative estimate of drug-likeness (QED) is 0.677. The molecule has 0 aliphatic heterocycles. The van der Waals surface area contributed by atoms with E-state index in [4.69, 9.17) is 5.26 Å². The Morgan fingerprint density at radius 2 is 1.59 bits per heavy atom. The minimum atomic E-state index is 0.0425. The van der Waals surface area contributed by atoms with Crippen molar-refractivity contribution in [3.8, 4) is 6.07 Å². The summed E-state index contributed by atoms with van der Waals surface area (Å²) in [6.45, 7) is 7.97. The average molecular weight is 382 g/mol. The van der Waals surface area contributed by atoms with Gasteiger partial charge >= 0.3 is 0 Å². The monoisotopic (exact) mass is 381 g/mol. The van der Waals surface area contributed by atoms with E-state index in [0.29, 0.717) is 17.9 Å². The van der Waals surface area contributed by atoms with E-state index >= 15 is 0 Å². The first-order valence-corrected chi connectivity index (χ1v) is 10.4. The lowest BCUT2D eigenvalue weighted by molar-refractivity contribution is -0.118. The summed E-state index contributed by atoms with van der Waals surface area (Å²) in [4.78, 5) is 14.4. The Morgan fingerprint density at radius 1 is 1.00 bits per heavy atom. The van der Waals surface area contributed by atoms with Gasteiger partial charge < -0.3 is 5.32 Å². The summed E-state index contributed by atoms with van der Waals surface area (Å²) in [6, 6.07) is 18.0. The topological polar surface area (TPSA) is 56.1 Å². The van der Waals surface area contributed by atoms with E-state index in [1.54, 1.807) is 23.9 Å². The van der Waals surface area contributed by atoms with Gasteiger partial charge in [-0.2, -0.15) is 5.26 Å². The molecule has 1 N–H and O–H groups in total. The first-order chi connectivity index (χ1) is 13.1. The second kappa shape index (κ2) is 11.4. The molecule has 0 unspecified atom stereocenters. The Morgan fingerprint density at radius 3 is 2.19 bits per heavy atom. The maximum absolute atomic E-state index is 12.0. The molecule has 0 aliphatic rings. The Kier molecular flexibility index (Phi) is 8.90. The summed E-state index contributed by atoms with van der Waals surface area (Å²) >= 11 is 1.58. The van der Waals surface area contributed by atoms with Gasteiger partial charge in [0.1, 0.15) is 0 Å². The average Bonchev–Trinajstić information content (AvgIpc) is 2.72. The van der Waals surface area contributed by atoms with E-state index in [1.165, 1.54) is 5.56 Å². The number of carbonyl (C=O) groups excluding carboxylic acids is 1. The summed E-state index contributed by atoms with van der Waals surface area (Å²) in [7, 11) is 0. The van der Waals surface area contributed by atoms with Crippen LogP contribution in [0.25, 0.3) is 0 Å². The number of thioether (sulfide) groups is 1. The summed E-state index contributed by atoms with van der Waals surface area (Å²) in [6.07, 6.45) is 0. The van der Waals surface area contributed by atoms with Crippen molar-refractivity contribution in [2.75, 3.05) is 18.8 Å². The SMILES string of the molecule is CCN(CC)Cc1ccc(CNC(=O)CSCc2ccc(C#N)cc2)cc1. The van der Waals surface area contributed by atoms with Gasteiger partial charge in [0.15, 0.2) is 0 Å². The van der Waals surface area contributed by atoms with E-state index in [2.05, 4.69) is 54.4 Å². The molecule has 0 heterocycles. The van der Waals surface area contributed by atoms with Gasteiger partial charge in [0.2, 0.25) is 5.91 Å². The minimum Gasteiger partial charge on any atom is -0.351 e. The van der Waals surface area contributed by atoms with Crippen molar-refractivity contribution in [2.24, 2.45) is 0 Å². The van der Waals surface area contributed by atoms with Crippen LogP contribution in [0, 0.1) is 11.3 Å². The lowest BCUT2D eigenvalue weighted by Crippen LogP contribution is -2.24. The molecule has 2 aromatic rings. The van der Waals surface area contributed by atoms with Crippen LogP contribution in [-0.4, -0.2) is 29.6 Å². The Balaban J connectivity index is 1.69. The predicted molar refractivity (Wildman–Crippen MR) is 112 cm³/mol. The van der Waals surface area contributed by atoms with Crippen LogP contribution in [0.15, 0.2) is 48.5 Å². The number of nitrogens with one attached hydrogen (secondary N) is 1. The van der Waals surface area contributed by atoms with Crippen LogP contribution in [0.1, 0.15) is 36.1 Å². The normalized spacial score (nSPS) is 10.6. The third-order valence-corrected chi connectivity index (χ3v) is 5.40. The fourth-order valence-electron chi connectivity index (χ4n) is 2.66. The maximum Gasteiger partial charge on any atom is 0.230 e. The number of amides is 1. The largest absolute Gasteiger partial charge is 0.351 e. The van der Waals surface area contributed by atoms with Crippen LogP contribution in [0.5, 0.6) is 0 Å². The molecule has 0 spiro atoms. The number of carbonyl (C=O) groups is 1. The highest BCUT2D eigenvalue weighted by Crippen LogP contribution is 2.13. The van der Waals surface area contributed by atoms with Crippen molar-refractivity contribution in [1.82, 2.24) is 10.2 Å². The van der Waals surface area contributed by atoms with Crippen molar-refractivity contribution >= 4 is 17.7 Å². The molecule has 2 aromatic carbocycles. The molecule has 27 heavy (non-hydrogen) atoms. The highest BCUT2D eigenvalue weighted by atomic mass is 32.2. The molecule has 1 amide bonds. The molecule has 0 bridgehead atoms. The highest BCUT2D eigenvalue weighted by molar-refractivity contribution is 7.99. The van der Waals surface area contributed by atoms with Crippen molar-refractivity contribution in [2.45, 2.75) is 32.7 Å². The molecular weight excluding hydrogens is 354 g/mol. The lowest BCUT2D eigenvalue weighted by Gasteiger charge is -2.18. The summed E-state index contributed by atoms with van der Waals surface area (Å²) < 4.78 is 0. The zero-order valence-corrected chi connectivity index (χ0v) is 16.9. The number of rotatable bonds is 10. The molecular formula is C22H27N3OS. The van der Waals surface area contributed by atoms with E-state index in [-0.39, 0.29) is 5.91 Å². The summed E-state index contributed by atoms with van der Waals surface area (Å²) in [5.74, 6) is 1.24. The van der Waals surface area contributed by atoms with Crippen LogP contribution in [0.2, 0.25) is 0 Å². The summed E-state index contributed by atoms with van der Waals surface area (Å²) in [5, 5.41) is 11.8. The first-order valence-electron chi connectivity index (χ1n) is 9.28. The van der Waals surface area contributed by atoms with Gasteiger partial charge in [-0.15, -0.1) is 11.8 Å². The fourth-order valence-corrected chi connectivity index (χ4v) is 3.47. The molecule has 2 rings (SSSR count).